The maximum atomic E-state index is 13.3. The number of sulfonamides is 1. The number of aryl methyl sites for hydroxylation is 1. The van der Waals surface area contributed by atoms with E-state index in [4.69, 9.17) is 0 Å². The van der Waals surface area contributed by atoms with E-state index < -0.39 is 28.5 Å². The molecule has 0 aromatic heterocycles. The van der Waals surface area contributed by atoms with Crippen molar-refractivity contribution < 1.29 is 18.0 Å². The smallest absolute Gasteiger partial charge is 0.244 e. The van der Waals surface area contributed by atoms with Crippen molar-refractivity contribution in [2.75, 3.05) is 23.7 Å². The minimum Gasteiger partial charge on any atom is -0.355 e. The third-order valence-corrected chi connectivity index (χ3v) is 6.40. The summed E-state index contributed by atoms with van der Waals surface area (Å²) in [7, 11) is -3.72. The van der Waals surface area contributed by atoms with Gasteiger partial charge in [0.1, 0.15) is 12.6 Å². The molecule has 0 radical (unpaired) electrons. The van der Waals surface area contributed by atoms with Gasteiger partial charge in [-0.1, -0.05) is 45.8 Å². The number of benzene rings is 2. The Bertz CT molecular complexity index is 1030. The van der Waals surface area contributed by atoms with Crippen molar-refractivity contribution in [3.05, 3.63) is 64.1 Å². The van der Waals surface area contributed by atoms with E-state index in [9.17, 15) is 18.0 Å². The minimum atomic E-state index is -3.72. The van der Waals surface area contributed by atoms with E-state index in [1.54, 1.807) is 38.1 Å². The molecule has 0 aliphatic heterocycles. The standard InChI is InChI=1S/C22H28BrN3O4S/c1-5-24-22(28)17(3)25(14-18-7-6-8-19(23)13-18)21(27)15-26(31(4,29)30)20-11-9-16(2)10-12-20/h6-13,17H,5,14-15H2,1-4H3,(H,24,28)/t17-/m1/s1. The van der Waals surface area contributed by atoms with Crippen LogP contribution in [0.1, 0.15) is 25.0 Å². The van der Waals surface area contributed by atoms with Crippen LogP contribution >= 0.6 is 15.9 Å². The van der Waals surface area contributed by atoms with Gasteiger partial charge in [0, 0.05) is 17.6 Å². The number of nitrogens with zero attached hydrogens (tertiary/aromatic N) is 2. The highest BCUT2D eigenvalue weighted by molar-refractivity contribution is 9.10. The van der Waals surface area contributed by atoms with E-state index in [2.05, 4.69) is 21.2 Å². The lowest BCUT2D eigenvalue weighted by molar-refractivity contribution is -0.139. The molecule has 168 valence electrons. The number of carbonyl (C=O) groups excluding carboxylic acids is 2. The van der Waals surface area contributed by atoms with Gasteiger partial charge >= 0.3 is 0 Å². The monoisotopic (exact) mass is 509 g/mol. The number of anilines is 1. The summed E-state index contributed by atoms with van der Waals surface area (Å²) < 4.78 is 26.8. The van der Waals surface area contributed by atoms with Crippen LogP contribution < -0.4 is 9.62 Å². The zero-order valence-corrected chi connectivity index (χ0v) is 20.5. The molecular formula is C22H28BrN3O4S. The van der Waals surface area contributed by atoms with Crippen molar-refractivity contribution >= 4 is 43.5 Å². The van der Waals surface area contributed by atoms with E-state index in [0.717, 1.165) is 26.2 Å². The van der Waals surface area contributed by atoms with Gasteiger partial charge in [-0.3, -0.25) is 13.9 Å². The highest BCUT2D eigenvalue weighted by atomic mass is 79.9. The van der Waals surface area contributed by atoms with Gasteiger partial charge in [0.2, 0.25) is 21.8 Å². The Morgan fingerprint density at radius 2 is 1.77 bits per heavy atom. The third kappa shape index (κ3) is 7.07. The lowest BCUT2D eigenvalue weighted by Gasteiger charge is -2.31. The topological polar surface area (TPSA) is 86.8 Å². The second-order valence-corrected chi connectivity index (χ2v) is 10.1. The first-order valence-corrected chi connectivity index (χ1v) is 12.5. The van der Waals surface area contributed by atoms with E-state index in [-0.39, 0.29) is 12.5 Å². The zero-order chi connectivity index (χ0) is 23.2. The molecule has 0 heterocycles. The van der Waals surface area contributed by atoms with Crippen molar-refractivity contribution in [2.45, 2.75) is 33.4 Å². The molecule has 31 heavy (non-hydrogen) atoms. The Morgan fingerprint density at radius 3 is 2.32 bits per heavy atom. The predicted molar refractivity (Wildman–Crippen MR) is 126 cm³/mol. The molecule has 0 bridgehead atoms. The van der Waals surface area contributed by atoms with Gasteiger partial charge in [0.25, 0.3) is 0 Å². The number of hydrogen-bond donors (Lipinski definition) is 1. The molecule has 1 atom stereocenters. The molecule has 2 aromatic carbocycles. The van der Waals surface area contributed by atoms with Gasteiger partial charge in [-0.25, -0.2) is 8.42 Å². The van der Waals surface area contributed by atoms with Gasteiger partial charge in [-0.05, 0) is 50.6 Å². The van der Waals surface area contributed by atoms with Crippen LogP contribution in [0.15, 0.2) is 53.0 Å². The summed E-state index contributed by atoms with van der Waals surface area (Å²) in [4.78, 5) is 27.2. The molecule has 0 fully saturated rings. The fourth-order valence-corrected chi connectivity index (χ4v) is 4.36. The Kier molecular flexibility index (Phi) is 8.64. The van der Waals surface area contributed by atoms with E-state index in [1.807, 2.05) is 31.2 Å². The second-order valence-electron chi connectivity index (χ2n) is 7.33. The Morgan fingerprint density at radius 1 is 1.13 bits per heavy atom. The summed E-state index contributed by atoms with van der Waals surface area (Å²) in [5.74, 6) is -0.767. The molecular weight excluding hydrogens is 482 g/mol. The van der Waals surface area contributed by atoms with Crippen LogP contribution in [0.2, 0.25) is 0 Å². The molecule has 0 unspecified atom stereocenters. The van der Waals surface area contributed by atoms with Crippen LogP contribution in [0.3, 0.4) is 0 Å². The number of rotatable bonds is 9. The summed E-state index contributed by atoms with van der Waals surface area (Å²) in [6.07, 6.45) is 1.06. The number of halogens is 1. The number of carbonyl (C=O) groups is 2. The van der Waals surface area contributed by atoms with Crippen LogP contribution in [-0.2, 0) is 26.2 Å². The average Bonchev–Trinajstić information content (AvgIpc) is 2.70. The normalized spacial score (nSPS) is 12.2. The lowest BCUT2D eigenvalue weighted by atomic mass is 10.1. The van der Waals surface area contributed by atoms with Crippen molar-refractivity contribution in [3.63, 3.8) is 0 Å². The van der Waals surface area contributed by atoms with Crippen molar-refractivity contribution in [2.24, 2.45) is 0 Å². The average molecular weight is 510 g/mol. The van der Waals surface area contributed by atoms with Crippen molar-refractivity contribution in [3.8, 4) is 0 Å². The fourth-order valence-electron chi connectivity index (χ4n) is 3.06. The molecule has 2 aromatic rings. The first-order valence-electron chi connectivity index (χ1n) is 9.89. The third-order valence-electron chi connectivity index (χ3n) is 4.76. The van der Waals surface area contributed by atoms with Crippen LogP contribution in [-0.4, -0.2) is 50.5 Å². The van der Waals surface area contributed by atoms with Crippen LogP contribution in [0.4, 0.5) is 5.69 Å². The van der Waals surface area contributed by atoms with Crippen LogP contribution in [0.25, 0.3) is 0 Å². The van der Waals surface area contributed by atoms with Gasteiger partial charge in [-0.15, -0.1) is 0 Å². The summed E-state index contributed by atoms with van der Waals surface area (Å²) in [5, 5.41) is 2.73. The largest absolute Gasteiger partial charge is 0.355 e. The number of amides is 2. The van der Waals surface area contributed by atoms with Crippen LogP contribution in [0, 0.1) is 6.92 Å². The molecule has 2 amide bonds. The summed E-state index contributed by atoms with van der Waals surface area (Å²) in [6, 6.07) is 13.5. The zero-order valence-electron chi connectivity index (χ0n) is 18.1. The molecule has 0 spiro atoms. The van der Waals surface area contributed by atoms with Gasteiger partial charge in [0.05, 0.1) is 11.9 Å². The molecule has 0 saturated carbocycles. The summed E-state index contributed by atoms with van der Waals surface area (Å²) >= 11 is 3.41. The highest BCUT2D eigenvalue weighted by Gasteiger charge is 2.29. The van der Waals surface area contributed by atoms with Gasteiger partial charge in [0.15, 0.2) is 0 Å². The molecule has 0 aliphatic rings. The quantitative estimate of drug-likeness (QED) is 0.562. The maximum Gasteiger partial charge on any atom is 0.244 e. The Balaban J connectivity index is 2.37. The summed E-state index contributed by atoms with van der Waals surface area (Å²) in [6.45, 7) is 5.53. The molecule has 9 heteroatoms. The van der Waals surface area contributed by atoms with Gasteiger partial charge < -0.3 is 10.2 Å². The number of hydrogen-bond acceptors (Lipinski definition) is 4. The molecule has 1 N–H and O–H groups in total. The molecule has 7 nitrogen and oxygen atoms in total. The Hall–Kier alpha value is -2.39. The first-order chi connectivity index (χ1) is 14.5. The number of nitrogens with one attached hydrogen (secondary N) is 1. The SMILES string of the molecule is CCNC(=O)[C@@H](C)N(Cc1cccc(Br)c1)C(=O)CN(c1ccc(C)cc1)S(C)(=O)=O. The molecule has 0 aliphatic carbocycles. The van der Waals surface area contributed by atoms with Gasteiger partial charge in [-0.2, -0.15) is 0 Å². The minimum absolute atomic E-state index is 0.169. The molecule has 0 saturated heterocycles. The Labute approximate surface area is 192 Å². The number of likely N-dealkylation sites (N-methyl/N-ethyl adjacent to an activating group) is 1. The van der Waals surface area contributed by atoms with E-state index >= 15 is 0 Å². The summed E-state index contributed by atoms with van der Waals surface area (Å²) in [5.41, 5.74) is 2.19. The lowest BCUT2D eigenvalue weighted by Crippen LogP contribution is -2.51. The fraction of sp³-hybridized carbons (Fsp3) is 0.364. The molecule has 2 rings (SSSR count). The van der Waals surface area contributed by atoms with Crippen molar-refractivity contribution in [1.82, 2.24) is 10.2 Å². The second kappa shape index (κ2) is 10.8. The van der Waals surface area contributed by atoms with Crippen molar-refractivity contribution in [1.29, 1.82) is 0 Å². The van der Waals surface area contributed by atoms with E-state index in [1.165, 1.54) is 4.90 Å². The van der Waals surface area contributed by atoms with Crippen LogP contribution in [0.5, 0.6) is 0 Å². The highest BCUT2D eigenvalue weighted by Crippen LogP contribution is 2.20. The first kappa shape index (κ1) is 24.9. The van der Waals surface area contributed by atoms with E-state index in [0.29, 0.717) is 12.2 Å². The predicted octanol–water partition coefficient (Wildman–Crippen LogP) is 3.08. The maximum absolute atomic E-state index is 13.3.